The van der Waals surface area contributed by atoms with Gasteiger partial charge in [0.05, 0.1) is 26.9 Å². The molecule has 3 aliphatic rings. The van der Waals surface area contributed by atoms with Crippen LogP contribution in [0.25, 0.3) is 0 Å². The summed E-state index contributed by atoms with van der Waals surface area (Å²) in [5.41, 5.74) is 0.777. The van der Waals surface area contributed by atoms with Gasteiger partial charge in [0.25, 0.3) is 0 Å². The van der Waals surface area contributed by atoms with E-state index in [0.717, 1.165) is 17.7 Å². The van der Waals surface area contributed by atoms with Crippen LogP contribution in [0.5, 0.6) is 5.75 Å². The number of rotatable bonds is 7. The first-order chi connectivity index (χ1) is 19.5. The van der Waals surface area contributed by atoms with Gasteiger partial charge in [-0.1, -0.05) is 23.7 Å². The molecule has 0 N–H and O–H groups in total. The topological polar surface area (TPSA) is 99.7 Å². The van der Waals surface area contributed by atoms with Crippen molar-refractivity contribution in [3.63, 3.8) is 0 Å². The van der Waals surface area contributed by atoms with Crippen molar-refractivity contribution in [2.75, 3.05) is 46.5 Å². The molecule has 3 unspecified atom stereocenters. The van der Waals surface area contributed by atoms with Crippen LogP contribution in [0, 0.1) is 5.82 Å². The summed E-state index contributed by atoms with van der Waals surface area (Å²) in [6.07, 6.45) is -0.829. The number of amides is 2. The minimum atomic E-state index is -4.40. The van der Waals surface area contributed by atoms with Gasteiger partial charge in [0.1, 0.15) is 34.7 Å². The molecular formula is C28H34ClFN4O6S. The third-order valence-electron chi connectivity index (χ3n) is 7.97. The number of piperazine rings is 1. The number of carbonyl (C=O) groups is 2. The second kappa shape index (κ2) is 11.8. The second-order valence-electron chi connectivity index (χ2n) is 10.7. The molecule has 0 aromatic heterocycles. The van der Waals surface area contributed by atoms with Crippen molar-refractivity contribution < 1.29 is 31.9 Å². The summed E-state index contributed by atoms with van der Waals surface area (Å²) in [6, 6.07) is 8.27. The summed E-state index contributed by atoms with van der Waals surface area (Å²) in [5, 5.41) is 0.535. The second-order valence-corrected chi connectivity index (χ2v) is 13.0. The van der Waals surface area contributed by atoms with E-state index in [1.54, 1.807) is 29.2 Å². The molecule has 0 aliphatic carbocycles. The lowest BCUT2D eigenvalue weighted by Gasteiger charge is -2.55. The predicted molar refractivity (Wildman–Crippen MR) is 149 cm³/mol. The van der Waals surface area contributed by atoms with Crippen LogP contribution in [0.3, 0.4) is 0 Å². The number of fused-ring (bicyclic) bond motifs is 1. The Morgan fingerprint density at radius 3 is 2.37 bits per heavy atom. The zero-order valence-corrected chi connectivity index (χ0v) is 24.8. The van der Waals surface area contributed by atoms with Gasteiger partial charge in [0.2, 0.25) is 21.8 Å². The van der Waals surface area contributed by atoms with Crippen molar-refractivity contribution >= 4 is 33.4 Å². The zero-order valence-electron chi connectivity index (χ0n) is 23.2. The minimum absolute atomic E-state index is 0.0110. The highest BCUT2D eigenvalue weighted by molar-refractivity contribution is 7.89. The monoisotopic (exact) mass is 608 g/mol. The van der Waals surface area contributed by atoms with E-state index in [2.05, 4.69) is 0 Å². The number of hydrogen-bond donors (Lipinski definition) is 0. The van der Waals surface area contributed by atoms with Crippen LogP contribution in [0.2, 0.25) is 5.02 Å². The Hall–Kier alpha value is -2.77. The Labute approximate surface area is 244 Å². The molecule has 41 heavy (non-hydrogen) atoms. The largest absolute Gasteiger partial charge is 0.495 e. The van der Waals surface area contributed by atoms with Crippen molar-refractivity contribution in [1.82, 2.24) is 19.0 Å². The fourth-order valence-corrected chi connectivity index (χ4v) is 7.71. The van der Waals surface area contributed by atoms with Crippen LogP contribution in [0.4, 0.5) is 4.39 Å². The van der Waals surface area contributed by atoms with Crippen LogP contribution >= 0.6 is 11.6 Å². The molecule has 3 heterocycles. The molecular weight excluding hydrogens is 575 g/mol. The number of nitrogens with zero attached hydrogens (tertiary/aromatic N) is 4. The minimum Gasteiger partial charge on any atom is -0.495 e. The molecule has 0 spiro atoms. The summed E-state index contributed by atoms with van der Waals surface area (Å²) in [5.74, 6) is -1.32. The van der Waals surface area contributed by atoms with E-state index < -0.39 is 34.1 Å². The predicted octanol–water partition coefficient (Wildman–Crippen LogP) is 2.21. The molecule has 0 radical (unpaired) electrons. The van der Waals surface area contributed by atoms with Gasteiger partial charge in [0.15, 0.2) is 0 Å². The van der Waals surface area contributed by atoms with Crippen LogP contribution in [-0.4, -0.2) is 110 Å². The summed E-state index contributed by atoms with van der Waals surface area (Å²) >= 11 is 6.08. The van der Waals surface area contributed by atoms with Crippen molar-refractivity contribution in [3.05, 3.63) is 58.9 Å². The van der Waals surface area contributed by atoms with Gasteiger partial charge in [-0.15, -0.1) is 0 Å². The summed E-state index contributed by atoms with van der Waals surface area (Å²) < 4.78 is 55.1. The quantitative estimate of drug-likeness (QED) is 0.475. The van der Waals surface area contributed by atoms with Crippen molar-refractivity contribution in [1.29, 1.82) is 0 Å². The average Bonchev–Trinajstić information content (AvgIpc) is 2.95. The highest BCUT2D eigenvalue weighted by Crippen LogP contribution is 2.36. The molecule has 3 saturated heterocycles. The molecule has 5 rings (SSSR count). The molecule has 2 amide bonds. The van der Waals surface area contributed by atoms with Crippen molar-refractivity contribution in [3.8, 4) is 5.75 Å². The number of ether oxygens (including phenoxy) is 2. The smallest absolute Gasteiger partial charge is 0.248 e. The Morgan fingerprint density at radius 2 is 1.73 bits per heavy atom. The number of methoxy groups -OCH3 is 1. The maximum absolute atomic E-state index is 14.4. The summed E-state index contributed by atoms with van der Waals surface area (Å²) in [7, 11) is -3.08. The standard InChI is InChI=1S/C28H34ClFN4O6S/c1-18(2)32-17-26-33(41(37,38)25-15-21(30)8-9-24(25)39-3)16-23(31-10-12-40-13-11-31)28(36)34(26)22(27(32)35)14-19-4-6-20(29)7-5-19/h4-9,15,18,22-23,26H,10-14,16-17H2,1-3H3. The third-order valence-corrected chi connectivity index (χ3v) is 10.1. The lowest BCUT2D eigenvalue weighted by atomic mass is 9.96. The number of morpholine rings is 1. The maximum Gasteiger partial charge on any atom is 0.248 e. The van der Waals surface area contributed by atoms with Gasteiger partial charge in [-0.3, -0.25) is 14.5 Å². The van der Waals surface area contributed by atoms with E-state index in [4.69, 9.17) is 21.1 Å². The molecule has 13 heteroatoms. The van der Waals surface area contributed by atoms with Gasteiger partial charge in [-0.25, -0.2) is 12.8 Å². The number of sulfonamides is 1. The van der Waals surface area contributed by atoms with Crippen molar-refractivity contribution in [2.45, 2.75) is 49.5 Å². The van der Waals surface area contributed by atoms with E-state index in [9.17, 15) is 22.4 Å². The first kappa shape index (κ1) is 29.7. The molecule has 222 valence electrons. The fraction of sp³-hybridized carbons (Fsp3) is 0.500. The lowest BCUT2D eigenvalue weighted by molar-refractivity contribution is -0.173. The third kappa shape index (κ3) is 5.68. The van der Waals surface area contributed by atoms with Gasteiger partial charge in [-0.05, 0) is 49.7 Å². The zero-order chi connectivity index (χ0) is 29.5. The van der Waals surface area contributed by atoms with Crippen LogP contribution < -0.4 is 4.74 Å². The Bertz CT molecular complexity index is 1400. The molecule has 3 fully saturated rings. The lowest BCUT2D eigenvalue weighted by Crippen LogP contribution is -2.76. The Balaban J connectivity index is 1.64. The number of halogens is 2. The Kier molecular flexibility index (Phi) is 8.58. The molecule has 2 aromatic carbocycles. The van der Waals surface area contributed by atoms with Gasteiger partial charge >= 0.3 is 0 Å². The average molecular weight is 609 g/mol. The number of hydrogen-bond acceptors (Lipinski definition) is 7. The van der Waals surface area contributed by atoms with Crippen LogP contribution in [0.1, 0.15) is 19.4 Å². The van der Waals surface area contributed by atoms with Gasteiger partial charge < -0.3 is 19.3 Å². The molecule has 0 bridgehead atoms. The molecule has 0 saturated carbocycles. The van der Waals surface area contributed by atoms with E-state index in [0.29, 0.717) is 31.3 Å². The first-order valence-electron chi connectivity index (χ1n) is 13.6. The van der Waals surface area contributed by atoms with E-state index >= 15 is 0 Å². The molecule has 3 aliphatic heterocycles. The van der Waals surface area contributed by atoms with Gasteiger partial charge in [-0.2, -0.15) is 4.31 Å². The van der Waals surface area contributed by atoms with E-state index in [1.807, 2.05) is 18.7 Å². The first-order valence-corrected chi connectivity index (χ1v) is 15.4. The van der Waals surface area contributed by atoms with Gasteiger partial charge in [0, 0.05) is 37.1 Å². The fourth-order valence-electron chi connectivity index (χ4n) is 5.84. The molecule has 2 aromatic rings. The highest BCUT2D eigenvalue weighted by atomic mass is 35.5. The SMILES string of the molecule is COc1ccc(F)cc1S(=O)(=O)N1CC(N2CCOCC2)C(=O)N2C(Cc3ccc(Cl)cc3)C(=O)N(C(C)C)CC21. The molecule has 10 nitrogen and oxygen atoms in total. The Morgan fingerprint density at radius 1 is 1.05 bits per heavy atom. The van der Waals surface area contributed by atoms with E-state index in [-0.39, 0.29) is 48.0 Å². The summed E-state index contributed by atoms with van der Waals surface area (Å²) in [6.45, 7) is 5.17. The normalized spacial score (nSPS) is 24.6. The number of benzene rings is 2. The van der Waals surface area contributed by atoms with Crippen LogP contribution in [0.15, 0.2) is 47.4 Å². The van der Waals surface area contributed by atoms with Crippen molar-refractivity contribution in [2.24, 2.45) is 0 Å². The summed E-state index contributed by atoms with van der Waals surface area (Å²) in [4.78, 5) is 32.8. The van der Waals surface area contributed by atoms with E-state index in [1.165, 1.54) is 22.4 Å². The molecule has 3 atom stereocenters. The maximum atomic E-state index is 14.4. The van der Waals surface area contributed by atoms with Crippen LogP contribution in [-0.2, 0) is 30.8 Å². The number of carbonyl (C=O) groups excluding carboxylic acids is 2. The highest BCUT2D eigenvalue weighted by Gasteiger charge is 2.55.